The summed E-state index contributed by atoms with van der Waals surface area (Å²) in [7, 11) is 0. The Balaban J connectivity index is 1.18. The molecule has 0 saturated carbocycles. The second-order valence-electron chi connectivity index (χ2n) is 13.0. The summed E-state index contributed by atoms with van der Waals surface area (Å²) < 4.78 is 4.56. The van der Waals surface area contributed by atoms with E-state index in [-0.39, 0.29) is 0 Å². The zero-order valence-corrected chi connectivity index (χ0v) is 27.9. The van der Waals surface area contributed by atoms with Crippen molar-refractivity contribution in [1.82, 2.24) is 24.1 Å². The van der Waals surface area contributed by atoms with Crippen LogP contribution in [0.3, 0.4) is 0 Å². The van der Waals surface area contributed by atoms with E-state index in [4.69, 9.17) is 15.0 Å². The van der Waals surface area contributed by atoms with Gasteiger partial charge >= 0.3 is 0 Å². The SMILES string of the molecule is Cc1ccc(-n2c3ccccc3c3ccc(-c4ccc5c(c4)c4ccccc4n5-c4nc(-c5ccccc5)nc(-c5ccccc5)n4)cc32)cc1. The van der Waals surface area contributed by atoms with Crippen LogP contribution in [0, 0.1) is 6.92 Å². The van der Waals surface area contributed by atoms with E-state index >= 15 is 0 Å². The Morgan fingerprint density at radius 3 is 1.53 bits per heavy atom. The molecule has 0 fully saturated rings. The molecule has 0 amide bonds. The highest BCUT2D eigenvalue weighted by molar-refractivity contribution is 6.12. The van der Waals surface area contributed by atoms with Crippen molar-refractivity contribution in [2.75, 3.05) is 0 Å². The fourth-order valence-corrected chi connectivity index (χ4v) is 7.39. The van der Waals surface area contributed by atoms with Gasteiger partial charge in [-0.05, 0) is 60.5 Å². The third-order valence-electron chi connectivity index (χ3n) is 9.86. The lowest BCUT2D eigenvalue weighted by Crippen LogP contribution is -2.06. The van der Waals surface area contributed by atoms with Crippen molar-refractivity contribution < 1.29 is 0 Å². The largest absolute Gasteiger partial charge is 0.309 e. The van der Waals surface area contributed by atoms with Crippen LogP contribution in [0.2, 0.25) is 0 Å². The first-order chi connectivity index (χ1) is 25.2. The molecule has 0 radical (unpaired) electrons. The maximum Gasteiger partial charge on any atom is 0.238 e. The summed E-state index contributed by atoms with van der Waals surface area (Å²) in [6.45, 7) is 2.13. The van der Waals surface area contributed by atoms with E-state index in [0.717, 1.165) is 49.7 Å². The third-order valence-corrected chi connectivity index (χ3v) is 9.86. The Hall–Kier alpha value is -6.85. The summed E-state index contributed by atoms with van der Waals surface area (Å²) in [4.78, 5) is 15.1. The Morgan fingerprint density at radius 2 is 0.863 bits per heavy atom. The monoisotopic (exact) mass is 653 g/mol. The van der Waals surface area contributed by atoms with Crippen LogP contribution in [0.4, 0.5) is 0 Å². The number of benzene rings is 7. The second kappa shape index (κ2) is 11.6. The topological polar surface area (TPSA) is 48.5 Å². The summed E-state index contributed by atoms with van der Waals surface area (Å²) >= 11 is 0. The summed E-state index contributed by atoms with van der Waals surface area (Å²) in [5, 5.41) is 4.78. The number of para-hydroxylation sites is 2. The minimum absolute atomic E-state index is 0.589. The van der Waals surface area contributed by atoms with Crippen LogP contribution in [0.5, 0.6) is 0 Å². The van der Waals surface area contributed by atoms with E-state index in [9.17, 15) is 0 Å². The Morgan fingerprint density at radius 1 is 0.353 bits per heavy atom. The predicted molar refractivity (Wildman–Crippen MR) is 210 cm³/mol. The Labute approximate surface area is 294 Å². The van der Waals surface area contributed by atoms with Crippen molar-refractivity contribution in [2.24, 2.45) is 0 Å². The third kappa shape index (κ3) is 4.82. The van der Waals surface area contributed by atoms with Crippen LogP contribution >= 0.6 is 0 Å². The molecule has 10 rings (SSSR count). The minimum Gasteiger partial charge on any atom is -0.309 e. The fraction of sp³-hybridized carbons (Fsp3) is 0.0217. The molecule has 3 aromatic heterocycles. The normalized spacial score (nSPS) is 11.6. The molecule has 0 saturated heterocycles. The number of aromatic nitrogens is 5. The van der Waals surface area contributed by atoms with Crippen LogP contribution < -0.4 is 0 Å². The van der Waals surface area contributed by atoms with Gasteiger partial charge in [-0.2, -0.15) is 9.97 Å². The number of aryl methyl sites for hydroxylation is 1. The fourth-order valence-electron chi connectivity index (χ4n) is 7.39. The van der Waals surface area contributed by atoms with Crippen LogP contribution in [-0.2, 0) is 0 Å². The Bertz CT molecular complexity index is 2850. The van der Waals surface area contributed by atoms with Gasteiger partial charge in [-0.3, -0.25) is 4.57 Å². The van der Waals surface area contributed by atoms with Gasteiger partial charge in [0.2, 0.25) is 5.95 Å². The van der Waals surface area contributed by atoms with Crippen molar-refractivity contribution in [3.05, 3.63) is 175 Å². The number of nitrogens with zero attached hydrogens (tertiary/aromatic N) is 5. The van der Waals surface area contributed by atoms with Gasteiger partial charge in [-0.25, -0.2) is 4.98 Å². The molecule has 5 nitrogen and oxygen atoms in total. The summed E-state index contributed by atoms with van der Waals surface area (Å²) in [5.41, 5.74) is 11.1. The number of hydrogen-bond donors (Lipinski definition) is 0. The van der Waals surface area contributed by atoms with Gasteiger partial charge in [0.25, 0.3) is 0 Å². The molecule has 0 unspecified atom stereocenters. The standard InChI is InChI=1S/C46H31N5/c1-30-20-24-35(25-21-30)50-40-18-10-8-16-36(40)38-26-22-34(29-43(38)50)33-23-27-42-39(28-33)37-17-9-11-19-41(37)51(42)46-48-44(31-12-4-2-5-13-31)47-45(49-46)32-14-6-3-7-15-32/h2-29H,1H3. The highest BCUT2D eigenvalue weighted by atomic mass is 15.2. The van der Waals surface area contributed by atoms with Gasteiger partial charge in [0.15, 0.2) is 11.6 Å². The van der Waals surface area contributed by atoms with E-state index in [0.29, 0.717) is 17.6 Å². The average Bonchev–Trinajstić information content (AvgIpc) is 3.71. The number of hydrogen-bond acceptors (Lipinski definition) is 3. The van der Waals surface area contributed by atoms with E-state index in [1.165, 1.54) is 27.4 Å². The van der Waals surface area contributed by atoms with Crippen molar-refractivity contribution in [2.45, 2.75) is 6.92 Å². The highest BCUT2D eigenvalue weighted by Gasteiger charge is 2.19. The van der Waals surface area contributed by atoms with Gasteiger partial charge in [0, 0.05) is 38.4 Å². The molecule has 0 atom stereocenters. The lowest BCUT2D eigenvalue weighted by atomic mass is 10.0. The second-order valence-corrected chi connectivity index (χ2v) is 13.0. The van der Waals surface area contributed by atoms with Gasteiger partial charge < -0.3 is 4.57 Å². The van der Waals surface area contributed by atoms with E-state index in [2.05, 4.69) is 125 Å². The van der Waals surface area contributed by atoms with Crippen LogP contribution in [0.25, 0.3) is 89.2 Å². The van der Waals surface area contributed by atoms with Gasteiger partial charge in [0.1, 0.15) is 0 Å². The van der Waals surface area contributed by atoms with E-state index in [1.54, 1.807) is 0 Å². The first-order valence-electron chi connectivity index (χ1n) is 17.2. The lowest BCUT2D eigenvalue weighted by molar-refractivity contribution is 0.953. The lowest BCUT2D eigenvalue weighted by Gasteiger charge is -2.11. The molecule has 0 aliphatic rings. The van der Waals surface area contributed by atoms with Crippen LogP contribution in [0.1, 0.15) is 5.56 Å². The van der Waals surface area contributed by atoms with E-state index in [1.807, 2.05) is 60.7 Å². The molecule has 5 heteroatoms. The van der Waals surface area contributed by atoms with Crippen molar-refractivity contribution in [1.29, 1.82) is 0 Å². The quantitative estimate of drug-likeness (QED) is 0.186. The first kappa shape index (κ1) is 29.1. The van der Waals surface area contributed by atoms with Crippen molar-refractivity contribution in [3.8, 4) is 45.5 Å². The van der Waals surface area contributed by atoms with E-state index < -0.39 is 0 Å². The Kier molecular flexibility index (Phi) is 6.64. The zero-order chi connectivity index (χ0) is 33.9. The average molecular weight is 654 g/mol. The van der Waals surface area contributed by atoms with Crippen molar-refractivity contribution in [3.63, 3.8) is 0 Å². The smallest absolute Gasteiger partial charge is 0.238 e. The van der Waals surface area contributed by atoms with Gasteiger partial charge in [0.05, 0.1) is 22.1 Å². The molecule has 10 aromatic rings. The summed E-state index contributed by atoms with van der Waals surface area (Å²) in [5.74, 6) is 1.87. The predicted octanol–water partition coefficient (Wildman–Crippen LogP) is 11.4. The van der Waals surface area contributed by atoms with Crippen molar-refractivity contribution >= 4 is 43.6 Å². The molecule has 0 aliphatic carbocycles. The number of fused-ring (bicyclic) bond motifs is 6. The molecule has 0 aliphatic heterocycles. The number of rotatable bonds is 5. The molecule has 0 spiro atoms. The molecular formula is C46H31N5. The highest BCUT2D eigenvalue weighted by Crippen LogP contribution is 2.38. The summed E-state index contributed by atoms with van der Waals surface area (Å²) in [6, 6.07) is 59.8. The molecule has 240 valence electrons. The molecule has 0 bridgehead atoms. The van der Waals surface area contributed by atoms with Gasteiger partial charge in [-0.1, -0.05) is 133 Å². The first-order valence-corrected chi connectivity index (χ1v) is 17.2. The molecule has 0 N–H and O–H groups in total. The molecule has 3 heterocycles. The zero-order valence-electron chi connectivity index (χ0n) is 27.9. The van der Waals surface area contributed by atoms with Crippen LogP contribution in [0.15, 0.2) is 170 Å². The van der Waals surface area contributed by atoms with Crippen LogP contribution in [-0.4, -0.2) is 24.1 Å². The minimum atomic E-state index is 0.589. The summed E-state index contributed by atoms with van der Waals surface area (Å²) in [6.07, 6.45) is 0. The maximum absolute atomic E-state index is 5.09. The maximum atomic E-state index is 5.09. The van der Waals surface area contributed by atoms with Gasteiger partial charge in [-0.15, -0.1) is 0 Å². The molecule has 7 aromatic carbocycles. The molecular weight excluding hydrogens is 623 g/mol. The molecule has 51 heavy (non-hydrogen) atoms.